The first-order valence-electron chi connectivity index (χ1n) is 12.5. The lowest BCUT2D eigenvalue weighted by molar-refractivity contribution is -0.135. The number of piperidine rings is 1. The van der Waals surface area contributed by atoms with Gasteiger partial charge in [-0.25, -0.2) is 4.98 Å². The highest BCUT2D eigenvalue weighted by Gasteiger charge is 2.39. The molecule has 0 saturated carbocycles. The Kier molecular flexibility index (Phi) is 7.23. The molecule has 0 N–H and O–H groups in total. The van der Waals surface area contributed by atoms with E-state index in [1.165, 1.54) is 16.2 Å². The smallest absolute Gasteiger partial charge is 0.263 e. The molecule has 2 aromatic carbocycles. The Morgan fingerprint density at radius 3 is 2.65 bits per heavy atom. The zero-order chi connectivity index (χ0) is 25.9. The van der Waals surface area contributed by atoms with Gasteiger partial charge in [0.25, 0.3) is 11.8 Å². The zero-order valence-corrected chi connectivity index (χ0v) is 21.9. The second-order valence-electron chi connectivity index (χ2n) is 9.50. The van der Waals surface area contributed by atoms with Gasteiger partial charge in [0, 0.05) is 38.0 Å². The fraction of sp³-hybridized carbons (Fsp3) is 0.357. The van der Waals surface area contributed by atoms with E-state index in [2.05, 4.69) is 9.88 Å². The van der Waals surface area contributed by atoms with Crippen molar-refractivity contribution in [2.24, 2.45) is 5.92 Å². The van der Waals surface area contributed by atoms with Crippen LogP contribution in [-0.4, -0.2) is 66.3 Å². The summed E-state index contributed by atoms with van der Waals surface area (Å²) in [7, 11) is 3.44. The number of carbonyl (C=O) groups is 3. The molecule has 3 aromatic rings. The number of thiazole rings is 1. The van der Waals surface area contributed by atoms with Gasteiger partial charge in [-0.2, -0.15) is 0 Å². The van der Waals surface area contributed by atoms with Crippen molar-refractivity contribution in [3.63, 3.8) is 0 Å². The largest absolute Gasteiger partial charge is 0.497 e. The first-order valence-corrected chi connectivity index (χ1v) is 13.4. The molecule has 8 nitrogen and oxygen atoms in total. The molecule has 5 rings (SSSR count). The van der Waals surface area contributed by atoms with E-state index >= 15 is 0 Å². The summed E-state index contributed by atoms with van der Waals surface area (Å²) < 4.78 is 5.28. The second-order valence-corrected chi connectivity index (χ2v) is 10.2. The number of hydrogen-bond donors (Lipinski definition) is 0. The van der Waals surface area contributed by atoms with Crippen LogP contribution in [0.3, 0.4) is 0 Å². The number of amides is 3. The van der Waals surface area contributed by atoms with Gasteiger partial charge in [0.2, 0.25) is 5.91 Å². The third kappa shape index (κ3) is 5.09. The van der Waals surface area contributed by atoms with Crippen LogP contribution in [0.5, 0.6) is 5.75 Å². The molecule has 0 bridgehead atoms. The molecule has 3 amide bonds. The van der Waals surface area contributed by atoms with Gasteiger partial charge < -0.3 is 14.5 Å². The number of nitrogens with zero attached hydrogens (tertiary/aromatic N) is 4. The molecule has 0 atom stereocenters. The molecule has 9 heteroatoms. The van der Waals surface area contributed by atoms with Crippen molar-refractivity contribution in [3.8, 4) is 5.75 Å². The molecule has 0 unspecified atom stereocenters. The van der Waals surface area contributed by atoms with Gasteiger partial charge in [0.1, 0.15) is 5.75 Å². The summed E-state index contributed by atoms with van der Waals surface area (Å²) >= 11 is 1.52. The third-order valence-corrected chi connectivity index (χ3v) is 7.81. The third-order valence-electron chi connectivity index (χ3n) is 7.18. The van der Waals surface area contributed by atoms with Crippen LogP contribution in [0, 0.1) is 5.92 Å². The van der Waals surface area contributed by atoms with Crippen LogP contribution in [0.1, 0.15) is 44.8 Å². The molecule has 0 spiro atoms. The summed E-state index contributed by atoms with van der Waals surface area (Å²) in [4.78, 5) is 49.1. The maximum atomic E-state index is 13.4. The molecule has 0 radical (unpaired) electrons. The molecule has 1 aromatic heterocycles. The molecule has 1 fully saturated rings. The SMILES string of the molecule is COc1cccc(CCN2C(=O)c3cccc(N4CCC(C(=O)N(C)Cc5cscn5)CC4)c3C2=O)c1. The molecule has 2 aliphatic rings. The standard InChI is InChI=1S/C28H30N4O4S/c1-30(16-21-17-37-18-29-21)26(33)20-10-12-31(13-11-20)24-8-4-7-23-25(24)28(35)32(27(23)34)14-9-19-5-3-6-22(15-19)36-2/h3-8,15,17-18,20H,9-14,16H2,1-2H3. The Bertz CT molecular complexity index is 1300. The molecule has 0 aliphatic carbocycles. The van der Waals surface area contributed by atoms with E-state index in [1.54, 1.807) is 23.6 Å². The average molecular weight is 519 g/mol. The van der Waals surface area contributed by atoms with Crippen molar-refractivity contribution in [1.29, 1.82) is 0 Å². The van der Waals surface area contributed by atoms with Crippen molar-refractivity contribution in [2.75, 3.05) is 38.7 Å². The minimum Gasteiger partial charge on any atom is -0.497 e. The number of carbonyl (C=O) groups excluding carboxylic acids is 3. The highest BCUT2D eigenvalue weighted by atomic mass is 32.1. The summed E-state index contributed by atoms with van der Waals surface area (Å²) in [6, 6.07) is 13.1. The first kappa shape index (κ1) is 25.0. The van der Waals surface area contributed by atoms with E-state index in [0.717, 1.165) is 22.7 Å². The molecular weight excluding hydrogens is 488 g/mol. The summed E-state index contributed by atoms with van der Waals surface area (Å²) in [5.41, 5.74) is 5.38. The predicted octanol–water partition coefficient (Wildman–Crippen LogP) is 3.87. The Morgan fingerprint density at radius 2 is 1.92 bits per heavy atom. The number of methoxy groups -OCH3 is 1. The van der Waals surface area contributed by atoms with E-state index in [0.29, 0.717) is 56.6 Å². The van der Waals surface area contributed by atoms with Gasteiger partial charge in [-0.3, -0.25) is 19.3 Å². The van der Waals surface area contributed by atoms with Gasteiger partial charge in [-0.15, -0.1) is 11.3 Å². The van der Waals surface area contributed by atoms with Gasteiger partial charge in [0.15, 0.2) is 0 Å². The number of ether oxygens (including phenoxy) is 1. The lowest BCUT2D eigenvalue weighted by Gasteiger charge is -2.35. The molecule has 2 aliphatic heterocycles. The van der Waals surface area contributed by atoms with Crippen LogP contribution in [-0.2, 0) is 17.8 Å². The molecular formula is C28H30N4O4S. The number of imide groups is 1. The molecule has 3 heterocycles. The Hall–Kier alpha value is -3.72. The number of fused-ring (bicyclic) bond motifs is 1. The minimum atomic E-state index is -0.251. The van der Waals surface area contributed by atoms with Crippen molar-refractivity contribution < 1.29 is 19.1 Å². The summed E-state index contributed by atoms with van der Waals surface area (Å²) in [5.74, 6) is 0.311. The van der Waals surface area contributed by atoms with Gasteiger partial charge in [-0.1, -0.05) is 18.2 Å². The van der Waals surface area contributed by atoms with Crippen LogP contribution < -0.4 is 9.64 Å². The van der Waals surface area contributed by atoms with Crippen molar-refractivity contribution in [1.82, 2.24) is 14.8 Å². The summed E-state index contributed by atoms with van der Waals surface area (Å²) in [6.45, 7) is 2.13. The zero-order valence-electron chi connectivity index (χ0n) is 21.1. The Balaban J connectivity index is 1.24. The summed E-state index contributed by atoms with van der Waals surface area (Å²) in [6.07, 6.45) is 1.96. The van der Waals surface area contributed by atoms with Crippen LogP contribution in [0.15, 0.2) is 53.4 Å². The van der Waals surface area contributed by atoms with Crippen LogP contribution >= 0.6 is 11.3 Å². The average Bonchev–Trinajstić information content (AvgIpc) is 3.53. The van der Waals surface area contributed by atoms with E-state index in [1.807, 2.05) is 48.8 Å². The minimum absolute atomic E-state index is 0.0617. The number of rotatable bonds is 8. The van der Waals surface area contributed by atoms with E-state index in [9.17, 15) is 14.4 Å². The number of aromatic nitrogens is 1. The van der Waals surface area contributed by atoms with Gasteiger partial charge in [0.05, 0.1) is 41.7 Å². The van der Waals surface area contributed by atoms with Gasteiger partial charge >= 0.3 is 0 Å². The van der Waals surface area contributed by atoms with E-state index < -0.39 is 0 Å². The van der Waals surface area contributed by atoms with Crippen LogP contribution in [0.25, 0.3) is 0 Å². The maximum Gasteiger partial charge on any atom is 0.263 e. The predicted molar refractivity (Wildman–Crippen MR) is 142 cm³/mol. The van der Waals surface area contributed by atoms with Crippen LogP contribution in [0.2, 0.25) is 0 Å². The highest BCUT2D eigenvalue weighted by molar-refractivity contribution is 7.07. The Labute approximate surface area is 220 Å². The normalized spacial score (nSPS) is 15.7. The monoisotopic (exact) mass is 518 g/mol. The van der Waals surface area contributed by atoms with Crippen molar-refractivity contribution in [3.05, 3.63) is 75.7 Å². The molecule has 1 saturated heterocycles. The van der Waals surface area contributed by atoms with E-state index in [-0.39, 0.29) is 23.6 Å². The lowest BCUT2D eigenvalue weighted by Crippen LogP contribution is -2.41. The number of benzene rings is 2. The lowest BCUT2D eigenvalue weighted by atomic mass is 9.94. The fourth-order valence-electron chi connectivity index (χ4n) is 5.17. The van der Waals surface area contributed by atoms with Crippen molar-refractivity contribution >= 4 is 34.7 Å². The number of anilines is 1. The highest BCUT2D eigenvalue weighted by Crippen LogP contribution is 2.34. The second kappa shape index (κ2) is 10.7. The topological polar surface area (TPSA) is 83.1 Å². The molecule has 192 valence electrons. The maximum absolute atomic E-state index is 13.4. The number of hydrogen-bond acceptors (Lipinski definition) is 7. The van der Waals surface area contributed by atoms with Gasteiger partial charge in [-0.05, 0) is 49.1 Å². The first-order chi connectivity index (χ1) is 18.0. The van der Waals surface area contributed by atoms with E-state index in [4.69, 9.17) is 4.74 Å². The van der Waals surface area contributed by atoms with Crippen LogP contribution in [0.4, 0.5) is 5.69 Å². The Morgan fingerprint density at radius 1 is 1.14 bits per heavy atom. The molecule has 37 heavy (non-hydrogen) atoms. The van der Waals surface area contributed by atoms with Crippen molar-refractivity contribution in [2.45, 2.75) is 25.8 Å². The quantitative estimate of drug-likeness (QED) is 0.421. The summed E-state index contributed by atoms with van der Waals surface area (Å²) in [5, 5.41) is 1.96. The fourth-order valence-corrected chi connectivity index (χ4v) is 5.72.